The number of pyridine rings is 1. The molecule has 26 heavy (non-hydrogen) atoms. The number of amides is 1. The van der Waals surface area contributed by atoms with E-state index in [1.165, 1.54) is 17.4 Å². The van der Waals surface area contributed by atoms with Gasteiger partial charge >= 0.3 is 0 Å². The van der Waals surface area contributed by atoms with E-state index in [0.717, 1.165) is 17.4 Å². The van der Waals surface area contributed by atoms with Gasteiger partial charge in [-0.05, 0) is 30.0 Å². The van der Waals surface area contributed by atoms with E-state index >= 15 is 0 Å². The molecule has 1 saturated heterocycles. The Morgan fingerprint density at radius 1 is 1.42 bits per heavy atom. The average Bonchev–Trinajstić information content (AvgIpc) is 3.32. The fourth-order valence-electron chi connectivity index (χ4n) is 2.85. The SMILES string of the molecule is CC(Nc1nc(C(=O)N2CCNC2)c2sccc2n1)c1cncc(F)c1. The fraction of sp³-hybridized carbons (Fsp3) is 0.294. The van der Waals surface area contributed by atoms with Gasteiger partial charge in [0.2, 0.25) is 5.95 Å². The first-order valence-corrected chi connectivity index (χ1v) is 9.12. The van der Waals surface area contributed by atoms with Crippen LogP contribution in [0, 0.1) is 5.82 Å². The van der Waals surface area contributed by atoms with Crippen molar-refractivity contribution in [1.82, 2.24) is 25.2 Å². The summed E-state index contributed by atoms with van der Waals surface area (Å²) in [5, 5.41) is 8.18. The lowest BCUT2D eigenvalue weighted by molar-refractivity contribution is 0.0787. The standard InChI is InChI=1S/C17H17FN6OS/c1-10(11-6-12(18)8-20-7-11)21-17-22-13-2-5-26-15(13)14(23-17)16(25)24-4-3-19-9-24/h2,5-8,10,19H,3-4,9H2,1H3,(H,21,22,23). The van der Waals surface area contributed by atoms with Gasteiger partial charge in [-0.3, -0.25) is 15.1 Å². The van der Waals surface area contributed by atoms with Crippen molar-refractivity contribution >= 4 is 33.4 Å². The van der Waals surface area contributed by atoms with Crippen molar-refractivity contribution in [2.45, 2.75) is 13.0 Å². The number of nitrogens with one attached hydrogen (secondary N) is 2. The third kappa shape index (κ3) is 3.23. The van der Waals surface area contributed by atoms with Crippen LogP contribution in [0.5, 0.6) is 0 Å². The summed E-state index contributed by atoms with van der Waals surface area (Å²) >= 11 is 1.45. The van der Waals surface area contributed by atoms with Gasteiger partial charge in [0.25, 0.3) is 5.91 Å². The van der Waals surface area contributed by atoms with E-state index in [9.17, 15) is 9.18 Å². The molecule has 0 radical (unpaired) electrons. The molecule has 0 saturated carbocycles. The number of carbonyl (C=O) groups is 1. The molecular formula is C17H17FN6OS. The topological polar surface area (TPSA) is 83.0 Å². The zero-order chi connectivity index (χ0) is 18.1. The van der Waals surface area contributed by atoms with E-state index in [0.29, 0.717) is 35.9 Å². The highest BCUT2D eigenvalue weighted by molar-refractivity contribution is 7.17. The highest BCUT2D eigenvalue weighted by atomic mass is 32.1. The maximum atomic E-state index is 13.4. The summed E-state index contributed by atoms with van der Waals surface area (Å²) in [4.78, 5) is 27.4. The van der Waals surface area contributed by atoms with Crippen LogP contribution in [0.1, 0.15) is 29.0 Å². The van der Waals surface area contributed by atoms with Crippen molar-refractivity contribution in [3.8, 4) is 0 Å². The summed E-state index contributed by atoms with van der Waals surface area (Å²) in [7, 11) is 0. The second-order valence-electron chi connectivity index (χ2n) is 6.06. The number of hydrogen-bond acceptors (Lipinski definition) is 7. The lowest BCUT2D eigenvalue weighted by Crippen LogP contribution is -2.30. The maximum Gasteiger partial charge on any atom is 0.275 e. The van der Waals surface area contributed by atoms with Crippen LogP contribution in [0.3, 0.4) is 0 Å². The highest BCUT2D eigenvalue weighted by Crippen LogP contribution is 2.26. The Morgan fingerprint density at radius 3 is 3.08 bits per heavy atom. The fourth-order valence-corrected chi connectivity index (χ4v) is 3.66. The van der Waals surface area contributed by atoms with Crippen LogP contribution in [0.25, 0.3) is 10.2 Å². The number of nitrogens with zero attached hydrogens (tertiary/aromatic N) is 4. The Morgan fingerprint density at radius 2 is 2.31 bits per heavy atom. The molecule has 2 N–H and O–H groups in total. The van der Waals surface area contributed by atoms with Gasteiger partial charge in [0.1, 0.15) is 5.82 Å². The van der Waals surface area contributed by atoms with Gasteiger partial charge < -0.3 is 10.2 Å². The van der Waals surface area contributed by atoms with Gasteiger partial charge in [0.05, 0.1) is 29.1 Å². The number of anilines is 1. The number of rotatable bonds is 4. The van der Waals surface area contributed by atoms with E-state index in [1.807, 2.05) is 18.4 Å². The smallest absolute Gasteiger partial charge is 0.275 e. The lowest BCUT2D eigenvalue weighted by atomic mass is 10.1. The minimum Gasteiger partial charge on any atom is -0.348 e. The molecule has 4 heterocycles. The molecule has 0 aromatic carbocycles. The average molecular weight is 372 g/mol. The molecule has 1 aliphatic rings. The summed E-state index contributed by atoms with van der Waals surface area (Å²) in [6.07, 6.45) is 2.75. The van der Waals surface area contributed by atoms with Crippen LogP contribution in [0.15, 0.2) is 29.9 Å². The molecule has 7 nitrogen and oxygen atoms in total. The Kier molecular flexibility index (Phi) is 4.48. The van der Waals surface area contributed by atoms with Crippen molar-refractivity contribution in [1.29, 1.82) is 0 Å². The quantitative estimate of drug-likeness (QED) is 0.732. The molecule has 0 bridgehead atoms. The predicted octanol–water partition coefficient (Wildman–Crippen LogP) is 2.40. The van der Waals surface area contributed by atoms with Gasteiger partial charge in [0.15, 0.2) is 5.69 Å². The third-order valence-corrected chi connectivity index (χ3v) is 5.14. The first-order chi connectivity index (χ1) is 12.6. The zero-order valence-corrected chi connectivity index (χ0v) is 14.9. The Balaban J connectivity index is 1.66. The minimum absolute atomic E-state index is 0.118. The van der Waals surface area contributed by atoms with Crippen molar-refractivity contribution in [3.63, 3.8) is 0 Å². The molecule has 9 heteroatoms. The van der Waals surface area contributed by atoms with Crippen LogP contribution in [0.2, 0.25) is 0 Å². The summed E-state index contributed by atoms with van der Waals surface area (Å²) in [5.41, 5.74) is 1.78. The van der Waals surface area contributed by atoms with E-state index in [4.69, 9.17) is 0 Å². The molecule has 0 spiro atoms. The van der Waals surface area contributed by atoms with Crippen LogP contribution < -0.4 is 10.6 Å². The molecule has 1 amide bonds. The zero-order valence-electron chi connectivity index (χ0n) is 14.1. The second-order valence-corrected chi connectivity index (χ2v) is 6.98. The summed E-state index contributed by atoms with van der Waals surface area (Å²) in [6.45, 7) is 3.82. The minimum atomic E-state index is -0.400. The van der Waals surface area contributed by atoms with Gasteiger partial charge in [0, 0.05) is 19.3 Å². The third-order valence-electron chi connectivity index (χ3n) is 4.23. The van der Waals surface area contributed by atoms with E-state index in [-0.39, 0.29) is 11.9 Å². The number of thiophene rings is 1. The van der Waals surface area contributed by atoms with Crippen molar-refractivity contribution in [3.05, 3.63) is 47.0 Å². The predicted molar refractivity (Wildman–Crippen MR) is 97.6 cm³/mol. The van der Waals surface area contributed by atoms with E-state index in [2.05, 4.69) is 25.6 Å². The van der Waals surface area contributed by atoms with E-state index < -0.39 is 5.82 Å². The second kappa shape index (κ2) is 6.93. The Hall–Kier alpha value is -2.65. The molecule has 1 atom stereocenters. The van der Waals surface area contributed by atoms with Crippen molar-refractivity contribution in [2.24, 2.45) is 0 Å². The Bertz CT molecular complexity index is 955. The number of fused-ring (bicyclic) bond motifs is 1. The molecule has 134 valence electrons. The summed E-state index contributed by atoms with van der Waals surface area (Å²) in [5.74, 6) is -0.182. The van der Waals surface area contributed by atoms with E-state index in [1.54, 1.807) is 11.1 Å². The van der Waals surface area contributed by atoms with Crippen LogP contribution in [-0.4, -0.2) is 45.5 Å². The summed E-state index contributed by atoms with van der Waals surface area (Å²) in [6, 6.07) is 3.02. The summed E-state index contributed by atoms with van der Waals surface area (Å²) < 4.78 is 14.2. The van der Waals surface area contributed by atoms with Gasteiger partial charge in [-0.25, -0.2) is 14.4 Å². The molecule has 1 aliphatic heterocycles. The molecule has 3 aromatic rings. The molecule has 4 rings (SSSR count). The number of hydrogen-bond donors (Lipinski definition) is 2. The van der Waals surface area contributed by atoms with Crippen LogP contribution in [-0.2, 0) is 0 Å². The Labute approximate surface area is 153 Å². The molecular weight excluding hydrogens is 355 g/mol. The first-order valence-electron chi connectivity index (χ1n) is 8.24. The van der Waals surface area contributed by atoms with Crippen LogP contribution >= 0.6 is 11.3 Å². The van der Waals surface area contributed by atoms with Gasteiger partial charge in [-0.15, -0.1) is 11.3 Å². The highest BCUT2D eigenvalue weighted by Gasteiger charge is 2.24. The molecule has 1 fully saturated rings. The first kappa shape index (κ1) is 16.8. The molecule has 3 aromatic heterocycles. The van der Waals surface area contributed by atoms with Gasteiger partial charge in [-0.2, -0.15) is 0 Å². The van der Waals surface area contributed by atoms with Crippen molar-refractivity contribution in [2.75, 3.05) is 25.1 Å². The van der Waals surface area contributed by atoms with Crippen LogP contribution in [0.4, 0.5) is 10.3 Å². The molecule has 1 unspecified atom stereocenters. The lowest BCUT2D eigenvalue weighted by Gasteiger charge is -2.17. The number of carbonyl (C=O) groups excluding carboxylic acids is 1. The van der Waals surface area contributed by atoms with Crippen molar-refractivity contribution < 1.29 is 9.18 Å². The molecule has 0 aliphatic carbocycles. The largest absolute Gasteiger partial charge is 0.348 e. The maximum absolute atomic E-state index is 13.4. The number of aromatic nitrogens is 3. The monoisotopic (exact) mass is 372 g/mol. The normalized spacial score (nSPS) is 15.4. The number of halogens is 1. The van der Waals surface area contributed by atoms with Gasteiger partial charge in [-0.1, -0.05) is 0 Å².